The number of rotatable bonds is 3. The molecule has 1 atom stereocenters. The summed E-state index contributed by atoms with van der Waals surface area (Å²) in [6, 6.07) is 13.3. The Balaban J connectivity index is 1.88. The number of ether oxygens (including phenoxy) is 1. The molecule has 1 aliphatic rings. The first-order valence-corrected chi connectivity index (χ1v) is 6.59. The lowest BCUT2D eigenvalue weighted by molar-refractivity contribution is -0.693. The Labute approximate surface area is 107 Å². The number of fused-ring (bicyclic) bond motifs is 1. The van der Waals surface area contributed by atoms with E-state index in [9.17, 15) is 0 Å². The first-order valence-electron chi connectivity index (χ1n) is 6.59. The van der Waals surface area contributed by atoms with Gasteiger partial charge in [0, 0.05) is 11.8 Å². The van der Waals surface area contributed by atoms with Crippen molar-refractivity contribution in [1.29, 1.82) is 0 Å². The summed E-state index contributed by atoms with van der Waals surface area (Å²) in [4.78, 5) is 0. The van der Waals surface area contributed by atoms with E-state index in [4.69, 9.17) is 4.74 Å². The van der Waals surface area contributed by atoms with Crippen molar-refractivity contribution in [2.45, 2.75) is 19.5 Å². The van der Waals surface area contributed by atoms with Gasteiger partial charge in [-0.05, 0) is 43.3 Å². The highest BCUT2D eigenvalue weighted by Crippen LogP contribution is 2.23. The maximum absolute atomic E-state index is 5.49. The van der Waals surface area contributed by atoms with Crippen molar-refractivity contribution in [1.82, 2.24) is 4.57 Å². The van der Waals surface area contributed by atoms with Gasteiger partial charge in [-0.25, -0.2) is 0 Å². The van der Waals surface area contributed by atoms with Gasteiger partial charge in [0.15, 0.2) is 6.04 Å². The molecule has 0 amide bonds. The largest absolute Gasteiger partial charge is 0.494 e. The summed E-state index contributed by atoms with van der Waals surface area (Å²) >= 11 is 0. The van der Waals surface area contributed by atoms with Gasteiger partial charge in [-0.1, -0.05) is 0 Å². The number of nitrogens with zero attached hydrogens (tertiary/aromatic N) is 1. The van der Waals surface area contributed by atoms with Crippen LogP contribution < -0.4 is 10.1 Å². The van der Waals surface area contributed by atoms with Gasteiger partial charge in [-0.15, -0.1) is 0 Å². The minimum atomic E-state index is 0.421. The molecule has 0 spiro atoms. The zero-order valence-electron chi connectivity index (χ0n) is 10.7. The van der Waals surface area contributed by atoms with Crippen LogP contribution in [0.25, 0.3) is 0 Å². The third-order valence-electron chi connectivity index (χ3n) is 3.51. The van der Waals surface area contributed by atoms with Crippen molar-refractivity contribution in [2.24, 2.45) is 0 Å². The minimum Gasteiger partial charge on any atom is -0.494 e. The van der Waals surface area contributed by atoms with E-state index in [1.165, 1.54) is 11.3 Å². The fourth-order valence-electron chi connectivity index (χ4n) is 2.66. The number of quaternary nitrogens is 1. The smallest absolute Gasteiger partial charge is 0.152 e. The molecule has 2 N–H and O–H groups in total. The molecule has 2 aromatic rings. The second kappa shape index (κ2) is 4.86. The van der Waals surface area contributed by atoms with Crippen LogP contribution in [0.2, 0.25) is 0 Å². The highest BCUT2D eigenvalue weighted by atomic mass is 16.5. The van der Waals surface area contributed by atoms with Crippen LogP contribution in [0.5, 0.6) is 5.75 Å². The fraction of sp³-hybridized carbons (Fsp3) is 0.333. The summed E-state index contributed by atoms with van der Waals surface area (Å²) in [6.07, 6.45) is 2.17. The average molecular weight is 243 g/mol. The number of hydrogen-bond donors (Lipinski definition) is 1. The molecule has 94 valence electrons. The lowest BCUT2D eigenvalue weighted by Crippen LogP contribution is -2.88. The van der Waals surface area contributed by atoms with E-state index in [2.05, 4.69) is 52.5 Å². The SMILES string of the molecule is CCOc1ccc([C@@H]2[NH2+]CCn3cccc32)cc1. The van der Waals surface area contributed by atoms with Crippen LogP contribution in [-0.2, 0) is 6.54 Å². The van der Waals surface area contributed by atoms with Gasteiger partial charge < -0.3 is 14.6 Å². The highest BCUT2D eigenvalue weighted by molar-refractivity contribution is 5.32. The van der Waals surface area contributed by atoms with Crippen molar-refractivity contribution in [3.8, 4) is 5.75 Å². The number of benzene rings is 1. The molecule has 0 fully saturated rings. The third-order valence-corrected chi connectivity index (χ3v) is 3.51. The van der Waals surface area contributed by atoms with Crippen LogP contribution in [0.4, 0.5) is 0 Å². The van der Waals surface area contributed by atoms with E-state index >= 15 is 0 Å². The topological polar surface area (TPSA) is 30.8 Å². The summed E-state index contributed by atoms with van der Waals surface area (Å²) in [5.41, 5.74) is 2.74. The summed E-state index contributed by atoms with van der Waals surface area (Å²) < 4.78 is 7.84. The molecular formula is C15H19N2O+. The molecular weight excluding hydrogens is 224 g/mol. The maximum atomic E-state index is 5.49. The van der Waals surface area contributed by atoms with Crippen LogP contribution in [0.15, 0.2) is 42.6 Å². The lowest BCUT2D eigenvalue weighted by atomic mass is 10.0. The Bertz CT molecular complexity index is 516. The van der Waals surface area contributed by atoms with Gasteiger partial charge in [-0.3, -0.25) is 0 Å². The van der Waals surface area contributed by atoms with Crippen molar-refractivity contribution in [3.05, 3.63) is 53.9 Å². The molecule has 18 heavy (non-hydrogen) atoms. The Morgan fingerprint density at radius 1 is 1.28 bits per heavy atom. The molecule has 3 rings (SSSR count). The Hall–Kier alpha value is -1.74. The van der Waals surface area contributed by atoms with Gasteiger partial charge in [0.25, 0.3) is 0 Å². The van der Waals surface area contributed by atoms with Gasteiger partial charge >= 0.3 is 0 Å². The highest BCUT2D eigenvalue weighted by Gasteiger charge is 2.24. The predicted octanol–water partition coefficient (Wildman–Crippen LogP) is 1.55. The average Bonchev–Trinajstić information content (AvgIpc) is 2.88. The zero-order chi connectivity index (χ0) is 12.4. The quantitative estimate of drug-likeness (QED) is 0.871. The summed E-state index contributed by atoms with van der Waals surface area (Å²) in [6.45, 7) is 4.98. The predicted molar refractivity (Wildman–Crippen MR) is 70.7 cm³/mol. The van der Waals surface area contributed by atoms with Crippen molar-refractivity contribution in [2.75, 3.05) is 13.2 Å². The molecule has 3 heteroatoms. The minimum absolute atomic E-state index is 0.421. The molecule has 0 saturated heterocycles. The van der Waals surface area contributed by atoms with Crippen molar-refractivity contribution < 1.29 is 10.1 Å². The molecule has 1 aliphatic heterocycles. The molecule has 0 unspecified atom stereocenters. The first-order chi connectivity index (χ1) is 8.88. The van der Waals surface area contributed by atoms with E-state index in [-0.39, 0.29) is 0 Å². The second-order valence-electron chi connectivity index (χ2n) is 4.63. The van der Waals surface area contributed by atoms with Gasteiger partial charge in [-0.2, -0.15) is 0 Å². The van der Waals surface area contributed by atoms with Crippen LogP contribution in [0.3, 0.4) is 0 Å². The summed E-state index contributed by atoms with van der Waals surface area (Å²) in [7, 11) is 0. The number of aromatic nitrogens is 1. The standard InChI is InChI=1S/C15H18N2O/c1-2-18-13-7-5-12(6-8-13)15-14-4-3-10-17(14)11-9-16-15/h3-8,10,15-16H,2,9,11H2,1H3/p+1/t15-/m0/s1. The summed E-state index contributed by atoms with van der Waals surface area (Å²) in [5.74, 6) is 0.951. The van der Waals surface area contributed by atoms with E-state index in [1.54, 1.807) is 0 Å². The Morgan fingerprint density at radius 3 is 2.89 bits per heavy atom. The molecule has 0 radical (unpaired) electrons. The third kappa shape index (κ3) is 2.02. The van der Waals surface area contributed by atoms with E-state index < -0.39 is 0 Å². The van der Waals surface area contributed by atoms with E-state index in [0.29, 0.717) is 6.04 Å². The van der Waals surface area contributed by atoms with Gasteiger partial charge in [0.2, 0.25) is 0 Å². The summed E-state index contributed by atoms with van der Waals surface area (Å²) in [5, 5.41) is 2.41. The molecule has 1 aromatic carbocycles. The van der Waals surface area contributed by atoms with Gasteiger partial charge in [0.1, 0.15) is 5.75 Å². The Morgan fingerprint density at radius 2 is 2.11 bits per heavy atom. The Kier molecular flexibility index (Phi) is 3.07. The molecule has 0 aliphatic carbocycles. The van der Waals surface area contributed by atoms with Crippen molar-refractivity contribution in [3.63, 3.8) is 0 Å². The van der Waals surface area contributed by atoms with Crippen LogP contribution in [0, 0.1) is 0 Å². The number of nitrogens with two attached hydrogens (primary N) is 1. The molecule has 0 saturated carbocycles. The molecule has 2 heterocycles. The van der Waals surface area contributed by atoms with Crippen LogP contribution in [0.1, 0.15) is 24.2 Å². The second-order valence-corrected chi connectivity index (χ2v) is 4.63. The lowest BCUT2D eigenvalue weighted by Gasteiger charge is -2.23. The van der Waals surface area contributed by atoms with E-state index in [0.717, 1.165) is 25.4 Å². The number of hydrogen-bond acceptors (Lipinski definition) is 1. The maximum Gasteiger partial charge on any atom is 0.152 e. The van der Waals surface area contributed by atoms with Crippen LogP contribution in [-0.4, -0.2) is 17.7 Å². The molecule has 0 bridgehead atoms. The zero-order valence-corrected chi connectivity index (χ0v) is 10.7. The molecule has 3 nitrogen and oxygen atoms in total. The fourth-order valence-corrected chi connectivity index (χ4v) is 2.66. The monoisotopic (exact) mass is 243 g/mol. The first kappa shape index (κ1) is 11.4. The molecule has 1 aromatic heterocycles. The van der Waals surface area contributed by atoms with Gasteiger partial charge in [0.05, 0.1) is 25.4 Å². The van der Waals surface area contributed by atoms with E-state index in [1.807, 2.05) is 6.92 Å². The normalized spacial score (nSPS) is 18.4. The van der Waals surface area contributed by atoms with Crippen LogP contribution >= 0.6 is 0 Å². The van der Waals surface area contributed by atoms with Crippen molar-refractivity contribution >= 4 is 0 Å².